The van der Waals surface area contributed by atoms with Gasteiger partial charge >= 0.3 is 0 Å². The molecule has 0 atom stereocenters. The number of rotatable bonds is 5. The molecule has 0 bridgehead atoms. The first-order valence-electron chi connectivity index (χ1n) is 7.16. The molecule has 0 unspecified atom stereocenters. The van der Waals surface area contributed by atoms with Crippen LogP contribution >= 0.6 is 0 Å². The van der Waals surface area contributed by atoms with E-state index in [9.17, 15) is 8.42 Å². The van der Waals surface area contributed by atoms with E-state index >= 15 is 0 Å². The Kier molecular flexibility index (Phi) is 5.12. The maximum atomic E-state index is 12.3. The quantitative estimate of drug-likeness (QED) is 0.865. The Balaban J connectivity index is 2.00. The number of hydrogen-bond donors (Lipinski definition) is 2. The maximum Gasteiger partial charge on any atom is 0.242 e. The van der Waals surface area contributed by atoms with Crippen molar-refractivity contribution in [2.45, 2.75) is 44.0 Å². The first-order chi connectivity index (χ1) is 9.53. The topological polar surface area (TPSA) is 85.1 Å². The van der Waals surface area contributed by atoms with Crippen LogP contribution in [-0.4, -0.2) is 19.9 Å². The van der Waals surface area contributed by atoms with Gasteiger partial charge in [0.25, 0.3) is 0 Å². The number of pyridine rings is 1. The number of nitrogens with two attached hydrogens (primary N) is 1. The van der Waals surface area contributed by atoms with E-state index in [0.717, 1.165) is 18.8 Å². The number of sulfonamides is 1. The number of nitrogens with one attached hydrogen (secondary N) is 1. The van der Waals surface area contributed by atoms with Gasteiger partial charge in [-0.2, -0.15) is 0 Å². The van der Waals surface area contributed by atoms with Gasteiger partial charge in [-0.05, 0) is 36.8 Å². The highest BCUT2D eigenvalue weighted by Gasteiger charge is 2.22. The Morgan fingerprint density at radius 1 is 1.35 bits per heavy atom. The van der Waals surface area contributed by atoms with E-state index in [-0.39, 0.29) is 11.4 Å². The molecule has 2 rings (SSSR count). The van der Waals surface area contributed by atoms with Crippen molar-refractivity contribution in [3.63, 3.8) is 0 Å². The molecule has 20 heavy (non-hydrogen) atoms. The molecule has 0 amide bonds. The van der Waals surface area contributed by atoms with Crippen LogP contribution in [0.3, 0.4) is 0 Å². The van der Waals surface area contributed by atoms with E-state index in [4.69, 9.17) is 5.73 Å². The van der Waals surface area contributed by atoms with Gasteiger partial charge in [0.1, 0.15) is 4.90 Å². The molecule has 1 aromatic heterocycles. The summed E-state index contributed by atoms with van der Waals surface area (Å²) in [5.74, 6) is 1.21. The van der Waals surface area contributed by atoms with Crippen molar-refractivity contribution in [3.8, 4) is 0 Å². The molecule has 3 N–H and O–H groups in total. The summed E-state index contributed by atoms with van der Waals surface area (Å²) in [6.07, 6.45) is 6.13. The van der Waals surface area contributed by atoms with E-state index in [1.807, 2.05) is 0 Å². The summed E-state index contributed by atoms with van der Waals surface area (Å²) in [7, 11) is -3.51. The van der Waals surface area contributed by atoms with Crippen LogP contribution < -0.4 is 10.5 Å². The second-order valence-electron chi connectivity index (χ2n) is 5.63. The zero-order valence-electron chi connectivity index (χ0n) is 11.9. The van der Waals surface area contributed by atoms with Gasteiger partial charge in [-0.15, -0.1) is 0 Å². The fourth-order valence-corrected chi connectivity index (χ4v) is 3.97. The van der Waals surface area contributed by atoms with Crippen molar-refractivity contribution in [3.05, 3.63) is 24.0 Å². The summed E-state index contributed by atoms with van der Waals surface area (Å²) in [4.78, 5) is 4.22. The SMILES string of the molecule is CC1CCC(CNS(=O)(=O)c2cccnc2CN)CC1. The fraction of sp³-hybridized carbons (Fsp3) is 0.643. The molecule has 1 fully saturated rings. The van der Waals surface area contributed by atoms with Gasteiger partial charge in [-0.25, -0.2) is 13.1 Å². The minimum atomic E-state index is -3.51. The number of hydrogen-bond acceptors (Lipinski definition) is 4. The van der Waals surface area contributed by atoms with Crippen LogP contribution in [0.25, 0.3) is 0 Å². The highest BCUT2D eigenvalue weighted by Crippen LogP contribution is 2.28. The number of aromatic nitrogens is 1. The predicted octanol–water partition coefficient (Wildman–Crippen LogP) is 1.64. The van der Waals surface area contributed by atoms with Crippen LogP contribution in [0.1, 0.15) is 38.3 Å². The molecular formula is C14H23N3O2S. The summed E-state index contributed by atoms with van der Waals surface area (Å²) in [6.45, 7) is 2.88. The average Bonchev–Trinajstić information content (AvgIpc) is 2.46. The Labute approximate surface area is 121 Å². The third-order valence-electron chi connectivity index (χ3n) is 4.03. The van der Waals surface area contributed by atoms with E-state index < -0.39 is 10.0 Å². The minimum Gasteiger partial charge on any atom is -0.325 e. The lowest BCUT2D eigenvalue weighted by Gasteiger charge is -2.26. The van der Waals surface area contributed by atoms with Crippen molar-refractivity contribution in [1.29, 1.82) is 0 Å². The van der Waals surface area contributed by atoms with Gasteiger partial charge in [-0.3, -0.25) is 4.98 Å². The Bertz CT molecular complexity index is 537. The van der Waals surface area contributed by atoms with Gasteiger partial charge in [0, 0.05) is 19.3 Å². The Morgan fingerprint density at radius 3 is 2.70 bits per heavy atom. The molecule has 0 aromatic carbocycles. The molecule has 1 aromatic rings. The fourth-order valence-electron chi connectivity index (χ4n) is 2.66. The molecule has 5 nitrogen and oxygen atoms in total. The zero-order valence-corrected chi connectivity index (χ0v) is 12.7. The smallest absolute Gasteiger partial charge is 0.242 e. The molecular weight excluding hydrogens is 274 g/mol. The van der Waals surface area contributed by atoms with E-state index in [1.165, 1.54) is 12.8 Å². The van der Waals surface area contributed by atoms with Crippen molar-refractivity contribution >= 4 is 10.0 Å². The normalized spacial score (nSPS) is 23.7. The predicted molar refractivity (Wildman–Crippen MR) is 78.4 cm³/mol. The van der Waals surface area contributed by atoms with Crippen molar-refractivity contribution in [2.24, 2.45) is 17.6 Å². The average molecular weight is 297 g/mol. The zero-order chi connectivity index (χ0) is 14.6. The minimum absolute atomic E-state index is 0.123. The summed E-state index contributed by atoms with van der Waals surface area (Å²) >= 11 is 0. The Hall–Kier alpha value is -0.980. The first kappa shape index (κ1) is 15.4. The molecule has 1 heterocycles. The second kappa shape index (κ2) is 6.65. The lowest BCUT2D eigenvalue weighted by molar-refractivity contribution is 0.290. The van der Waals surface area contributed by atoms with Crippen molar-refractivity contribution in [2.75, 3.05) is 6.54 Å². The van der Waals surface area contributed by atoms with Crippen LogP contribution in [0.2, 0.25) is 0 Å². The standard InChI is InChI=1S/C14H23N3O2S/c1-11-4-6-12(7-5-11)10-17-20(18,19)14-3-2-8-16-13(14)9-15/h2-3,8,11-12,17H,4-7,9-10,15H2,1H3. The molecule has 1 aliphatic carbocycles. The van der Waals surface area contributed by atoms with Gasteiger partial charge in [0.2, 0.25) is 10.0 Å². The van der Waals surface area contributed by atoms with Crippen LogP contribution in [0.4, 0.5) is 0 Å². The van der Waals surface area contributed by atoms with E-state index in [1.54, 1.807) is 18.3 Å². The molecule has 0 saturated heterocycles. The van der Waals surface area contributed by atoms with Gasteiger partial charge in [-0.1, -0.05) is 19.8 Å². The highest BCUT2D eigenvalue weighted by molar-refractivity contribution is 7.89. The monoisotopic (exact) mass is 297 g/mol. The lowest BCUT2D eigenvalue weighted by Crippen LogP contribution is -2.32. The lowest BCUT2D eigenvalue weighted by atomic mass is 9.83. The van der Waals surface area contributed by atoms with Crippen LogP contribution in [0.15, 0.2) is 23.2 Å². The van der Waals surface area contributed by atoms with Gasteiger partial charge in [0.05, 0.1) is 5.69 Å². The van der Waals surface area contributed by atoms with Crippen LogP contribution in [0.5, 0.6) is 0 Å². The van der Waals surface area contributed by atoms with E-state index in [2.05, 4.69) is 16.6 Å². The molecule has 6 heteroatoms. The molecule has 0 spiro atoms. The summed E-state index contributed by atoms with van der Waals surface area (Å²) in [5, 5.41) is 0. The molecule has 0 aliphatic heterocycles. The van der Waals surface area contributed by atoms with Crippen molar-refractivity contribution in [1.82, 2.24) is 9.71 Å². The number of nitrogens with zero attached hydrogens (tertiary/aromatic N) is 1. The van der Waals surface area contributed by atoms with Crippen LogP contribution in [0, 0.1) is 11.8 Å². The third kappa shape index (κ3) is 3.77. The third-order valence-corrected chi connectivity index (χ3v) is 5.53. The highest BCUT2D eigenvalue weighted by atomic mass is 32.2. The maximum absolute atomic E-state index is 12.3. The summed E-state index contributed by atoms with van der Waals surface area (Å²) in [6, 6.07) is 3.18. The molecule has 112 valence electrons. The second-order valence-corrected chi connectivity index (χ2v) is 7.37. The largest absolute Gasteiger partial charge is 0.325 e. The summed E-state index contributed by atoms with van der Waals surface area (Å²) in [5.41, 5.74) is 5.96. The molecule has 1 aliphatic rings. The van der Waals surface area contributed by atoms with E-state index in [0.29, 0.717) is 18.2 Å². The Morgan fingerprint density at radius 2 is 2.05 bits per heavy atom. The molecule has 0 radical (unpaired) electrons. The molecule has 1 saturated carbocycles. The van der Waals surface area contributed by atoms with Gasteiger partial charge < -0.3 is 5.73 Å². The van der Waals surface area contributed by atoms with Gasteiger partial charge in [0.15, 0.2) is 0 Å². The van der Waals surface area contributed by atoms with Crippen LogP contribution in [-0.2, 0) is 16.6 Å². The first-order valence-corrected chi connectivity index (χ1v) is 8.65. The summed E-state index contributed by atoms with van der Waals surface area (Å²) < 4.78 is 27.3. The van der Waals surface area contributed by atoms with Crippen molar-refractivity contribution < 1.29 is 8.42 Å².